The van der Waals surface area contributed by atoms with E-state index >= 15 is 0 Å². The van der Waals surface area contributed by atoms with Crippen LogP contribution in [0.1, 0.15) is 39.5 Å². The van der Waals surface area contributed by atoms with Gasteiger partial charge in [0.05, 0.1) is 12.5 Å². The van der Waals surface area contributed by atoms with Gasteiger partial charge in [-0.2, -0.15) is 5.26 Å². The average molecular weight is 223 g/mol. The third-order valence-electron chi connectivity index (χ3n) is 3.61. The van der Waals surface area contributed by atoms with Crippen molar-refractivity contribution in [3.05, 3.63) is 0 Å². The van der Waals surface area contributed by atoms with Crippen molar-refractivity contribution in [1.29, 1.82) is 5.26 Å². The molecule has 0 aromatic carbocycles. The Labute approximate surface area is 99.8 Å². The summed E-state index contributed by atoms with van der Waals surface area (Å²) in [6, 6.07) is 2.77. The predicted molar refractivity (Wildman–Crippen MR) is 67.1 cm³/mol. The number of nitriles is 1. The van der Waals surface area contributed by atoms with Gasteiger partial charge in [-0.25, -0.2) is 0 Å². The lowest BCUT2D eigenvalue weighted by molar-refractivity contribution is 0.158. The number of nitrogens with one attached hydrogen (secondary N) is 1. The molecule has 1 aliphatic rings. The van der Waals surface area contributed by atoms with Gasteiger partial charge in [-0.05, 0) is 44.8 Å². The molecule has 1 saturated heterocycles. The predicted octanol–water partition coefficient (Wildman–Crippen LogP) is 2.00. The van der Waals surface area contributed by atoms with Crippen LogP contribution < -0.4 is 5.32 Å². The van der Waals surface area contributed by atoms with Crippen LogP contribution in [0.4, 0.5) is 0 Å². The third-order valence-corrected chi connectivity index (χ3v) is 3.61. The fourth-order valence-corrected chi connectivity index (χ4v) is 2.58. The molecule has 0 saturated carbocycles. The van der Waals surface area contributed by atoms with E-state index in [1.165, 1.54) is 19.4 Å². The summed E-state index contributed by atoms with van der Waals surface area (Å²) >= 11 is 0. The summed E-state index contributed by atoms with van der Waals surface area (Å²) < 4.78 is 0. The molecule has 92 valence electrons. The van der Waals surface area contributed by atoms with Crippen molar-refractivity contribution in [1.82, 2.24) is 10.2 Å². The van der Waals surface area contributed by atoms with Gasteiger partial charge in [0.1, 0.15) is 0 Å². The maximum Gasteiger partial charge on any atom is 0.0638 e. The van der Waals surface area contributed by atoms with Gasteiger partial charge in [-0.1, -0.05) is 13.8 Å². The number of nitrogens with zero attached hydrogens (tertiary/aromatic N) is 2. The van der Waals surface area contributed by atoms with Gasteiger partial charge in [0.25, 0.3) is 0 Å². The highest BCUT2D eigenvalue weighted by Crippen LogP contribution is 2.16. The van der Waals surface area contributed by atoms with E-state index in [9.17, 15) is 0 Å². The quantitative estimate of drug-likeness (QED) is 0.748. The molecule has 0 bridgehead atoms. The van der Waals surface area contributed by atoms with Gasteiger partial charge in [0.15, 0.2) is 0 Å². The Hall–Kier alpha value is -0.590. The molecule has 1 aliphatic heterocycles. The van der Waals surface area contributed by atoms with Crippen LogP contribution in [-0.4, -0.2) is 37.1 Å². The zero-order valence-corrected chi connectivity index (χ0v) is 10.7. The van der Waals surface area contributed by atoms with Crippen molar-refractivity contribution in [2.24, 2.45) is 5.92 Å². The van der Waals surface area contributed by atoms with Gasteiger partial charge >= 0.3 is 0 Å². The van der Waals surface area contributed by atoms with Crippen LogP contribution in [0, 0.1) is 17.2 Å². The highest BCUT2D eigenvalue weighted by molar-refractivity contribution is 4.83. The molecule has 2 atom stereocenters. The monoisotopic (exact) mass is 223 g/mol. The zero-order chi connectivity index (χ0) is 11.8. The van der Waals surface area contributed by atoms with Crippen molar-refractivity contribution in [3.63, 3.8) is 0 Å². The van der Waals surface area contributed by atoms with Crippen molar-refractivity contribution < 1.29 is 0 Å². The molecule has 3 nitrogen and oxygen atoms in total. The normalized spacial score (nSPS) is 23.0. The van der Waals surface area contributed by atoms with E-state index in [1.807, 2.05) is 0 Å². The maximum atomic E-state index is 8.83. The van der Waals surface area contributed by atoms with Crippen LogP contribution in [-0.2, 0) is 0 Å². The number of hydrogen-bond acceptors (Lipinski definition) is 3. The van der Waals surface area contributed by atoms with Gasteiger partial charge < -0.3 is 5.32 Å². The largest absolute Gasteiger partial charge is 0.316 e. The summed E-state index contributed by atoms with van der Waals surface area (Å²) in [5.41, 5.74) is 0. The van der Waals surface area contributed by atoms with Gasteiger partial charge in [0, 0.05) is 12.6 Å². The second-order valence-electron chi connectivity index (χ2n) is 4.72. The first-order valence-electron chi connectivity index (χ1n) is 6.63. The molecule has 0 spiro atoms. The second kappa shape index (κ2) is 7.65. The highest BCUT2D eigenvalue weighted by Gasteiger charge is 2.20. The standard InChI is InChI=1S/C13H25N3/c1-3-13(7-8-14)16(4-2)11-12-6-5-9-15-10-12/h12-13,15H,3-7,9-11H2,1-2H3. The SMILES string of the molecule is CCC(CC#N)N(CC)CC1CCCNC1. The lowest BCUT2D eigenvalue weighted by atomic mass is 9.97. The molecule has 0 aliphatic carbocycles. The minimum absolute atomic E-state index is 0.455. The van der Waals surface area contributed by atoms with Crippen LogP contribution in [0.2, 0.25) is 0 Å². The Morgan fingerprint density at radius 1 is 1.50 bits per heavy atom. The van der Waals surface area contributed by atoms with Crippen LogP contribution in [0.3, 0.4) is 0 Å². The van der Waals surface area contributed by atoms with Gasteiger partial charge in [0.2, 0.25) is 0 Å². The maximum absolute atomic E-state index is 8.83. The highest BCUT2D eigenvalue weighted by atomic mass is 15.2. The molecule has 0 aromatic heterocycles. The first kappa shape index (κ1) is 13.5. The molecular formula is C13H25N3. The molecule has 1 heterocycles. The summed E-state index contributed by atoms with van der Waals surface area (Å²) in [7, 11) is 0. The van der Waals surface area contributed by atoms with Gasteiger partial charge in [-0.15, -0.1) is 0 Å². The van der Waals surface area contributed by atoms with E-state index < -0.39 is 0 Å². The number of piperidine rings is 1. The van der Waals surface area contributed by atoms with E-state index in [1.54, 1.807) is 0 Å². The topological polar surface area (TPSA) is 39.1 Å². The summed E-state index contributed by atoms with van der Waals surface area (Å²) in [4.78, 5) is 2.49. The number of hydrogen-bond donors (Lipinski definition) is 1. The first-order chi connectivity index (χ1) is 7.81. The lowest BCUT2D eigenvalue weighted by Crippen LogP contribution is -2.42. The van der Waals surface area contributed by atoms with E-state index in [0.29, 0.717) is 12.5 Å². The van der Waals surface area contributed by atoms with Crippen molar-refractivity contribution >= 4 is 0 Å². The molecule has 0 amide bonds. The Morgan fingerprint density at radius 2 is 2.31 bits per heavy atom. The Morgan fingerprint density at radius 3 is 2.81 bits per heavy atom. The molecule has 16 heavy (non-hydrogen) atoms. The zero-order valence-electron chi connectivity index (χ0n) is 10.7. The van der Waals surface area contributed by atoms with Crippen molar-refractivity contribution in [2.45, 2.75) is 45.6 Å². The molecular weight excluding hydrogens is 198 g/mol. The fraction of sp³-hybridized carbons (Fsp3) is 0.923. The van der Waals surface area contributed by atoms with Crippen LogP contribution >= 0.6 is 0 Å². The minimum atomic E-state index is 0.455. The first-order valence-corrected chi connectivity index (χ1v) is 6.63. The summed E-state index contributed by atoms with van der Waals surface area (Å²) in [6.07, 6.45) is 4.40. The third kappa shape index (κ3) is 4.11. The molecule has 3 heteroatoms. The smallest absolute Gasteiger partial charge is 0.0638 e. The van der Waals surface area contributed by atoms with E-state index in [-0.39, 0.29) is 0 Å². The molecule has 0 radical (unpaired) electrons. The molecule has 1 fully saturated rings. The van der Waals surface area contributed by atoms with Crippen LogP contribution in [0.25, 0.3) is 0 Å². The second-order valence-corrected chi connectivity index (χ2v) is 4.72. The van der Waals surface area contributed by atoms with E-state index in [2.05, 4.69) is 30.1 Å². The van der Waals surface area contributed by atoms with Crippen LogP contribution in [0.15, 0.2) is 0 Å². The van der Waals surface area contributed by atoms with E-state index in [0.717, 1.165) is 32.0 Å². The van der Waals surface area contributed by atoms with Crippen molar-refractivity contribution in [2.75, 3.05) is 26.2 Å². The fourth-order valence-electron chi connectivity index (χ4n) is 2.58. The molecule has 2 unspecified atom stereocenters. The lowest BCUT2D eigenvalue weighted by Gasteiger charge is -2.33. The van der Waals surface area contributed by atoms with E-state index in [4.69, 9.17) is 5.26 Å². The summed E-state index contributed by atoms with van der Waals surface area (Å²) in [6.45, 7) is 8.94. The van der Waals surface area contributed by atoms with Gasteiger partial charge in [-0.3, -0.25) is 4.90 Å². The Kier molecular flexibility index (Phi) is 6.44. The molecule has 1 N–H and O–H groups in total. The molecule has 1 rings (SSSR count). The van der Waals surface area contributed by atoms with Crippen molar-refractivity contribution in [3.8, 4) is 6.07 Å². The summed E-state index contributed by atoms with van der Waals surface area (Å²) in [5.74, 6) is 0.779. The number of rotatable bonds is 6. The minimum Gasteiger partial charge on any atom is -0.316 e. The summed E-state index contributed by atoms with van der Waals surface area (Å²) in [5, 5.41) is 12.3. The Bertz CT molecular complexity index is 216. The Balaban J connectivity index is 2.42. The van der Waals surface area contributed by atoms with Crippen LogP contribution in [0.5, 0.6) is 0 Å². The molecule has 0 aromatic rings. The average Bonchev–Trinajstić information content (AvgIpc) is 2.35.